The van der Waals surface area contributed by atoms with E-state index in [1.165, 1.54) is 32.1 Å². The number of benzene rings is 1. The third-order valence-corrected chi connectivity index (χ3v) is 5.08. The number of alkyl halides is 1. The van der Waals surface area contributed by atoms with E-state index in [9.17, 15) is 5.26 Å². The molecule has 24 heavy (non-hydrogen) atoms. The molecule has 1 unspecified atom stereocenters. The van der Waals surface area contributed by atoms with E-state index in [4.69, 9.17) is 4.74 Å². The van der Waals surface area contributed by atoms with Crippen LogP contribution in [0.3, 0.4) is 0 Å². The molecule has 1 aromatic carbocycles. The molecule has 0 bridgehead atoms. The Morgan fingerprint density at radius 3 is 2.54 bits per heavy atom. The van der Waals surface area contributed by atoms with Gasteiger partial charge in [0.2, 0.25) is 0 Å². The third-order valence-electron chi connectivity index (χ3n) is 4.30. The predicted molar refractivity (Wildman–Crippen MR) is 104 cm³/mol. The van der Waals surface area contributed by atoms with Crippen molar-refractivity contribution in [2.75, 3.05) is 6.61 Å². The maximum atomic E-state index is 9.53. The molecule has 0 aromatic heterocycles. The third kappa shape index (κ3) is 5.61. The van der Waals surface area contributed by atoms with Gasteiger partial charge in [0.25, 0.3) is 0 Å². The Morgan fingerprint density at radius 1 is 1.12 bits per heavy atom. The quantitative estimate of drug-likeness (QED) is 0.363. The number of allylic oxidation sites excluding steroid dienone is 2. The topological polar surface area (TPSA) is 33.0 Å². The molecule has 0 heterocycles. The molecular formula is C21H26BrNO. The maximum absolute atomic E-state index is 9.53. The van der Waals surface area contributed by atoms with Gasteiger partial charge in [-0.15, -0.1) is 0 Å². The summed E-state index contributed by atoms with van der Waals surface area (Å²) >= 11 is 3.68. The summed E-state index contributed by atoms with van der Waals surface area (Å²) in [5, 5.41) is 9.53. The SMILES string of the molecule is CCCCCCCCOC1(Br)C=CC(c2ccccc2)=C(C#N)C1. The highest BCUT2D eigenvalue weighted by Gasteiger charge is 2.30. The Morgan fingerprint density at radius 2 is 1.83 bits per heavy atom. The minimum atomic E-state index is -0.542. The van der Waals surface area contributed by atoms with Crippen LogP contribution >= 0.6 is 15.9 Å². The first-order chi connectivity index (χ1) is 11.7. The fraction of sp³-hybridized carbons (Fsp3) is 0.476. The zero-order chi connectivity index (χ0) is 17.3. The molecule has 1 aromatic rings. The molecule has 1 aliphatic rings. The summed E-state index contributed by atoms with van der Waals surface area (Å²) < 4.78 is 5.50. The van der Waals surface area contributed by atoms with Gasteiger partial charge in [-0.1, -0.05) is 75.4 Å². The molecule has 0 saturated heterocycles. The molecule has 2 rings (SSSR count). The monoisotopic (exact) mass is 387 g/mol. The number of hydrogen-bond acceptors (Lipinski definition) is 2. The fourth-order valence-electron chi connectivity index (χ4n) is 2.91. The molecule has 0 fully saturated rings. The summed E-state index contributed by atoms with van der Waals surface area (Å²) in [6.07, 6.45) is 12.1. The Hall–Kier alpha value is -1.37. The zero-order valence-corrected chi connectivity index (χ0v) is 16.0. The van der Waals surface area contributed by atoms with Crippen LogP contribution in [0.1, 0.15) is 57.4 Å². The molecule has 1 aliphatic carbocycles. The van der Waals surface area contributed by atoms with Gasteiger partial charge in [-0.05, 0) is 39.6 Å². The van der Waals surface area contributed by atoms with Gasteiger partial charge in [0, 0.05) is 18.6 Å². The van der Waals surface area contributed by atoms with Crippen molar-refractivity contribution in [1.29, 1.82) is 5.26 Å². The fourth-order valence-corrected chi connectivity index (χ4v) is 3.49. The molecular weight excluding hydrogens is 362 g/mol. The largest absolute Gasteiger partial charge is 0.360 e. The number of nitriles is 1. The van der Waals surface area contributed by atoms with Gasteiger partial charge >= 0.3 is 0 Å². The zero-order valence-electron chi connectivity index (χ0n) is 14.4. The second-order valence-electron chi connectivity index (χ2n) is 6.28. The molecule has 0 aliphatic heterocycles. The van der Waals surface area contributed by atoms with Crippen LogP contribution in [-0.2, 0) is 4.74 Å². The summed E-state index contributed by atoms with van der Waals surface area (Å²) in [6.45, 7) is 2.96. The first-order valence-electron chi connectivity index (χ1n) is 8.89. The smallest absolute Gasteiger partial charge is 0.146 e. The second-order valence-corrected chi connectivity index (χ2v) is 7.62. The summed E-state index contributed by atoms with van der Waals surface area (Å²) in [5.74, 6) is 0. The second kappa shape index (κ2) is 9.81. The van der Waals surface area contributed by atoms with Gasteiger partial charge in [0.1, 0.15) is 4.51 Å². The molecule has 0 saturated carbocycles. The van der Waals surface area contributed by atoms with E-state index in [0.717, 1.165) is 29.7 Å². The first kappa shape index (κ1) is 19.0. The lowest BCUT2D eigenvalue weighted by Gasteiger charge is -2.28. The molecule has 0 radical (unpaired) electrons. The van der Waals surface area contributed by atoms with Crippen LogP contribution in [0, 0.1) is 11.3 Å². The number of hydrogen-bond donors (Lipinski definition) is 0. The summed E-state index contributed by atoms with van der Waals surface area (Å²) in [5.41, 5.74) is 2.84. The van der Waals surface area contributed by atoms with Crippen LogP contribution in [0.25, 0.3) is 5.57 Å². The van der Waals surface area contributed by atoms with Crippen LogP contribution in [0.15, 0.2) is 48.1 Å². The van der Waals surface area contributed by atoms with Crippen molar-refractivity contribution in [3.05, 3.63) is 53.6 Å². The van der Waals surface area contributed by atoms with Gasteiger partial charge in [0.15, 0.2) is 0 Å². The predicted octanol–water partition coefficient (Wildman–Crippen LogP) is 6.39. The van der Waals surface area contributed by atoms with E-state index in [-0.39, 0.29) is 0 Å². The molecule has 2 nitrogen and oxygen atoms in total. The highest BCUT2D eigenvalue weighted by Crippen LogP contribution is 2.38. The van der Waals surface area contributed by atoms with Gasteiger partial charge in [-0.25, -0.2) is 0 Å². The van der Waals surface area contributed by atoms with E-state index in [1.807, 2.05) is 42.5 Å². The Balaban J connectivity index is 1.88. The number of unbranched alkanes of at least 4 members (excludes halogenated alkanes) is 5. The first-order valence-corrected chi connectivity index (χ1v) is 9.68. The van der Waals surface area contributed by atoms with Crippen LogP contribution in [0.5, 0.6) is 0 Å². The Labute approximate surface area is 154 Å². The van der Waals surface area contributed by atoms with Gasteiger partial charge in [-0.2, -0.15) is 5.26 Å². The van der Waals surface area contributed by atoms with Crippen molar-refractivity contribution >= 4 is 21.5 Å². The van der Waals surface area contributed by atoms with Crippen molar-refractivity contribution < 1.29 is 4.74 Å². The van der Waals surface area contributed by atoms with Crippen LogP contribution in [0.2, 0.25) is 0 Å². The molecule has 0 amide bonds. The lowest BCUT2D eigenvalue weighted by molar-refractivity contribution is 0.0623. The van der Waals surface area contributed by atoms with Gasteiger partial charge in [-0.3, -0.25) is 0 Å². The number of ether oxygens (including phenoxy) is 1. The molecule has 128 valence electrons. The van der Waals surface area contributed by atoms with Crippen molar-refractivity contribution in [1.82, 2.24) is 0 Å². The van der Waals surface area contributed by atoms with Gasteiger partial charge < -0.3 is 4.74 Å². The number of halogens is 1. The van der Waals surface area contributed by atoms with E-state index in [0.29, 0.717) is 6.42 Å². The van der Waals surface area contributed by atoms with Crippen LogP contribution < -0.4 is 0 Å². The molecule has 3 heteroatoms. The number of rotatable bonds is 9. The Kier molecular flexibility index (Phi) is 7.75. The number of nitrogens with zero attached hydrogens (tertiary/aromatic N) is 1. The van der Waals surface area contributed by atoms with Crippen LogP contribution in [0.4, 0.5) is 0 Å². The summed E-state index contributed by atoms with van der Waals surface area (Å²) in [4.78, 5) is 0. The normalized spacial score (nSPS) is 20.2. The lowest BCUT2D eigenvalue weighted by Crippen LogP contribution is -2.26. The van der Waals surface area contributed by atoms with Crippen molar-refractivity contribution in [2.24, 2.45) is 0 Å². The molecule has 0 N–H and O–H groups in total. The standard InChI is InChI=1S/C21H26BrNO/c1-2-3-4-5-6-10-15-24-21(22)14-13-20(19(16-21)17-23)18-11-8-7-9-12-18/h7-9,11-14H,2-6,10,15-16H2,1H3. The van der Waals surface area contributed by atoms with Crippen molar-refractivity contribution in [3.8, 4) is 6.07 Å². The average Bonchev–Trinajstić information content (AvgIpc) is 2.61. The molecule has 0 spiro atoms. The lowest BCUT2D eigenvalue weighted by atomic mass is 9.91. The molecule has 1 atom stereocenters. The average molecular weight is 388 g/mol. The van der Waals surface area contributed by atoms with Crippen molar-refractivity contribution in [3.63, 3.8) is 0 Å². The minimum Gasteiger partial charge on any atom is -0.360 e. The minimum absolute atomic E-state index is 0.542. The van der Waals surface area contributed by atoms with Gasteiger partial charge in [0.05, 0.1) is 6.07 Å². The highest BCUT2D eigenvalue weighted by molar-refractivity contribution is 9.10. The van der Waals surface area contributed by atoms with E-state index < -0.39 is 4.51 Å². The summed E-state index contributed by atoms with van der Waals surface area (Å²) in [7, 11) is 0. The van der Waals surface area contributed by atoms with Crippen molar-refractivity contribution in [2.45, 2.75) is 56.4 Å². The highest BCUT2D eigenvalue weighted by atomic mass is 79.9. The van der Waals surface area contributed by atoms with Crippen LogP contribution in [-0.4, -0.2) is 11.1 Å². The van der Waals surface area contributed by atoms with E-state index in [1.54, 1.807) is 0 Å². The Bertz CT molecular complexity index is 614. The maximum Gasteiger partial charge on any atom is 0.146 e. The van der Waals surface area contributed by atoms with E-state index in [2.05, 4.69) is 28.9 Å². The van der Waals surface area contributed by atoms with E-state index >= 15 is 0 Å². The summed E-state index contributed by atoms with van der Waals surface area (Å²) in [6, 6.07) is 12.4.